The van der Waals surface area contributed by atoms with Gasteiger partial charge < -0.3 is 14.8 Å². The van der Waals surface area contributed by atoms with Gasteiger partial charge in [0.05, 0.1) is 6.61 Å². The zero-order valence-electron chi connectivity index (χ0n) is 12.0. The minimum absolute atomic E-state index is 0.536. The van der Waals surface area contributed by atoms with Crippen LogP contribution in [0.25, 0.3) is 0 Å². The molecule has 0 aliphatic carbocycles. The lowest BCUT2D eigenvalue weighted by Crippen LogP contribution is -2.41. The van der Waals surface area contributed by atoms with Crippen LogP contribution in [0.1, 0.15) is 26.7 Å². The summed E-state index contributed by atoms with van der Waals surface area (Å²) >= 11 is 0. The van der Waals surface area contributed by atoms with Gasteiger partial charge in [-0.3, -0.25) is 4.90 Å². The molecular weight excluding hydrogens is 216 g/mol. The Kier molecular flexibility index (Phi) is 12.2. The average Bonchev–Trinajstić information content (AvgIpc) is 2.33. The predicted molar refractivity (Wildman–Crippen MR) is 72.6 cm³/mol. The van der Waals surface area contributed by atoms with Crippen LogP contribution >= 0.6 is 0 Å². The van der Waals surface area contributed by atoms with Gasteiger partial charge in [-0.05, 0) is 26.3 Å². The molecule has 0 saturated carbocycles. The van der Waals surface area contributed by atoms with Crippen LogP contribution < -0.4 is 5.32 Å². The van der Waals surface area contributed by atoms with E-state index >= 15 is 0 Å². The molecule has 1 atom stereocenters. The summed E-state index contributed by atoms with van der Waals surface area (Å²) in [6, 6.07) is 0.536. The second-order valence-corrected chi connectivity index (χ2v) is 4.49. The number of hydrogen-bond acceptors (Lipinski definition) is 4. The first-order valence-electron chi connectivity index (χ1n) is 6.68. The van der Waals surface area contributed by atoms with Crippen LogP contribution in [-0.4, -0.2) is 64.6 Å². The summed E-state index contributed by atoms with van der Waals surface area (Å²) in [4.78, 5) is 2.44. The second-order valence-electron chi connectivity index (χ2n) is 4.49. The fourth-order valence-electron chi connectivity index (χ4n) is 1.79. The molecule has 0 aromatic rings. The van der Waals surface area contributed by atoms with E-state index in [-0.39, 0.29) is 0 Å². The molecule has 0 aromatic heterocycles. The number of hydrogen-bond donors (Lipinski definition) is 1. The Balaban J connectivity index is 3.81. The predicted octanol–water partition coefficient (Wildman–Crippen LogP) is 1.36. The lowest BCUT2D eigenvalue weighted by molar-refractivity contribution is 0.127. The summed E-state index contributed by atoms with van der Waals surface area (Å²) in [5.41, 5.74) is 0. The van der Waals surface area contributed by atoms with Crippen LogP contribution in [-0.2, 0) is 9.47 Å². The largest absolute Gasteiger partial charge is 0.385 e. The Hall–Kier alpha value is -0.160. The van der Waals surface area contributed by atoms with Crippen LogP contribution in [0.15, 0.2) is 0 Å². The summed E-state index contributed by atoms with van der Waals surface area (Å²) in [5, 5.41) is 3.52. The van der Waals surface area contributed by atoms with Crippen molar-refractivity contribution in [2.24, 2.45) is 0 Å². The van der Waals surface area contributed by atoms with Crippen molar-refractivity contribution in [1.82, 2.24) is 10.2 Å². The molecule has 0 aliphatic heterocycles. The Morgan fingerprint density at radius 1 is 1.12 bits per heavy atom. The summed E-state index contributed by atoms with van der Waals surface area (Å²) in [6.07, 6.45) is 2.27. The minimum atomic E-state index is 0.536. The van der Waals surface area contributed by atoms with E-state index in [2.05, 4.69) is 24.1 Å². The van der Waals surface area contributed by atoms with Gasteiger partial charge in [-0.15, -0.1) is 0 Å². The number of rotatable bonds is 12. The summed E-state index contributed by atoms with van der Waals surface area (Å²) in [7, 11) is 3.51. The van der Waals surface area contributed by atoms with E-state index in [0.717, 1.165) is 45.8 Å². The SMILES string of the molecule is CCCNC(C)CN(CCCOC)CCOC. The first-order valence-corrected chi connectivity index (χ1v) is 6.68. The molecule has 4 heteroatoms. The first-order chi connectivity index (χ1) is 8.24. The molecular formula is C13H30N2O2. The minimum Gasteiger partial charge on any atom is -0.385 e. The van der Waals surface area contributed by atoms with Crippen molar-refractivity contribution in [2.75, 3.05) is 53.6 Å². The van der Waals surface area contributed by atoms with Gasteiger partial charge in [0, 0.05) is 46.5 Å². The van der Waals surface area contributed by atoms with Crippen LogP contribution in [0.3, 0.4) is 0 Å². The van der Waals surface area contributed by atoms with E-state index in [0.29, 0.717) is 6.04 Å². The van der Waals surface area contributed by atoms with Gasteiger partial charge in [0.15, 0.2) is 0 Å². The number of nitrogens with one attached hydrogen (secondary N) is 1. The van der Waals surface area contributed by atoms with Crippen LogP contribution in [0, 0.1) is 0 Å². The third-order valence-corrected chi connectivity index (χ3v) is 2.71. The molecule has 0 rings (SSSR count). The van der Waals surface area contributed by atoms with Crippen LogP contribution in [0.2, 0.25) is 0 Å². The smallest absolute Gasteiger partial charge is 0.0589 e. The van der Waals surface area contributed by atoms with Gasteiger partial charge in [0.25, 0.3) is 0 Å². The van der Waals surface area contributed by atoms with Crippen molar-refractivity contribution in [3.8, 4) is 0 Å². The molecule has 0 amide bonds. The Morgan fingerprint density at radius 2 is 1.82 bits per heavy atom. The molecule has 0 spiro atoms. The lowest BCUT2D eigenvalue weighted by atomic mass is 10.2. The molecule has 0 aliphatic rings. The fraction of sp³-hybridized carbons (Fsp3) is 1.00. The van der Waals surface area contributed by atoms with E-state index in [1.165, 1.54) is 6.42 Å². The average molecular weight is 246 g/mol. The molecule has 0 heterocycles. The zero-order chi connectivity index (χ0) is 12.9. The molecule has 1 unspecified atom stereocenters. The van der Waals surface area contributed by atoms with Crippen molar-refractivity contribution in [3.63, 3.8) is 0 Å². The summed E-state index contributed by atoms with van der Waals surface area (Å²) in [5.74, 6) is 0. The van der Waals surface area contributed by atoms with Crippen molar-refractivity contribution >= 4 is 0 Å². The lowest BCUT2D eigenvalue weighted by Gasteiger charge is -2.26. The molecule has 104 valence electrons. The molecule has 1 N–H and O–H groups in total. The van der Waals surface area contributed by atoms with Crippen molar-refractivity contribution < 1.29 is 9.47 Å². The van der Waals surface area contributed by atoms with Gasteiger partial charge in [-0.2, -0.15) is 0 Å². The molecule has 4 nitrogen and oxygen atoms in total. The maximum Gasteiger partial charge on any atom is 0.0589 e. The molecule has 0 bridgehead atoms. The van der Waals surface area contributed by atoms with E-state index in [1.54, 1.807) is 14.2 Å². The fourth-order valence-corrected chi connectivity index (χ4v) is 1.79. The third-order valence-electron chi connectivity index (χ3n) is 2.71. The van der Waals surface area contributed by atoms with Gasteiger partial charge in [-0.1, -0.05) is 6.92 Å². The number of ether oxygens (including phenoxy) is 2. The standard InChI is InChI=1S/C13H30N2O2/c1-5-7-14-13(2)12-15(9-11-17-4)8-6-10-16-3/h13-14H,5-12H2,1-4H3. The zero-order valence-corrected chi connectivity index (χ0v) is 12.0. The van der Waals surface area contributed by atoms with E-state index in [1.807, 2.05) is 0 Å². The highest BCUT2D eigenvalue weighted by atomic mass is 16.5. The van der Waals surface area contributed by atoms with Crippen molar-refractivity contribution in [2.45, 2.75) is 32.7 Å². The topological polar surface area (TPSA) is 33.7 Å². The van der Waals surface area contributed by atoms with Crippen molar-refractivity contribution in [3.05, 3.63) is 0 Å². The van der Waals surface area contributed by atoms with Gasteiger partial charge in [0.1, 0.15) is 0 Å². The Labute approximate surface area is 107 Å². The molecule has 17 heavy (non-hydrogen) atoms. The molecule has 0 fully saturated rings. The monoisotopic (exact) mass is 246 g/mol. The first kappa shape index (κ1) is 16.8. The highest BCUT2D eigenvalue weighted by Gasteiger charge is 2.09. The van der Waals surface area contributed by atoms with E-state index < -0.39 is 0 Å². The number of nitrogens with zero attached hydrogens (tertiary/aromatic N) is 1. The Morgan fingerprint density at radius 3 is 2.41 bits per heavy atom. The maximum atomic E-state index is 5.15. The number of methoxy groups -OCH3 is 2. The molecule has 0 saturated heterocycles. The maximum absolute atomic E-state index is 5.15. The summed E-state index contributed by atoms with van der Waals surface area (Å²) < 4.78 is 10.2. The summed E-state index contributed by atoms with van der Waals surface area (Å²) in [6.45, 7) is 10.3. The van der Waals surface area contributed by atoms with E-state index in [4.69, 9.17) is 9.47 Å². The van der Waals surface area contributed by atoms with Crippen LogP contribution in [0.4, 0.5) is 0 Å². The normalized spacial score (nSPS) is 13.2. The van der Waals surface area contributed by atoms with Crippen LogP contribution in [0.5, 0.6) is 0 Å². The quantitative estimate of drug-likeness (QED) is 0.527. The van der Waals surface area contributed by atoms with Gasteiger partial charge in [-0.25, -0.2) is 0 Å². The second kappa shape index (κ2) is 12.3. The third kappa shape index (κ3) is 10.7. The van der Waals surface area contributed by atoms with E-state index in [9.17, 15) is 0 Å². The molecule has 0 radical (unpaired) electrons. The highest BCUT2D eigenvalue weighted by molar-refractivity contribution is 4.67. The molecule has 0 aromatic carbocycles. The van der Waals surface area contributed by atoms with Gasteiger partial charge in [0.2, 0.25) is 0 Å². The van der Waals surface area contributed by atoms with Crippen molar-refractivity contribution in [1.29, 1.82) is 0 Å². The highest BCUT2D eigenvalue weighted by Crippen LogP contribution is 1.96. The van der Waals surface area contributed by atoms with Gasteiger partial charge >= 0.3 is 0 Å². The Bertz CT molecular complexity index is 156.